The Kier molecular flexibility index (Phi) is 7.99. The third kappa shape index (κ3) is 6.60. The van der Waals surface area contributed by atoms with E-state index in [1.54, 1.807) is 0 Å². The smallest absolute Gasteiger partial charge is 0.119 e. The molecule has 0 amide bonds. The molecular formula is C31H31NO3. The molecule has 4 aromatic carbocycles. The highest BCUT2D eigenvalue weighted by Crippen LogP contribution is 2.34. The zero-order chi connectivity index (χ0) is 24.6. The highest BCUT2D eigenvalue weighted by atomic mass is 16.5. The van der Waals surface area contributed by atoms with Crippen LogP contribution in [0.15, 0.2) is 97.1 Å². The van der Waals surface area contributed by atoms with Gasteiger partial charge in [0.05, 0.1) is 6.61 Å². The molecule has 4 heteroatoms. The van der Waals surface area contributed by atoms with E-state index in [9.17, 15) is 5.11 Å². The van der Waals surface area contributed by atoms with Crippen molar-refractivity contribution in [1.82, 2.24) is 0 Å². The summed E-state index contributed by atoms with van der Waals surface area (Å²) in [5.74, 6) is 0.659. The molecule has 0 aliphatic rings. The third-order valence-electron chi connectivity index (χ3n) is 5.74. The van der Waals surface area contributed by atoms with Gasteiger partial charge in [0.1, 0.15) is 18.5 Å². The standard InChI is InChI=1S/C31H31NO3/c1-23-3-13-27(14-4-23)32(28-15-5-24(2)6-16-28)29-17-9-25(10-18-29)7-8-26-11-19-31(20-12-26)35-22-30(34)21-33/h3-20,30,33-34H,21-22H2,1-2H3. The van der Waals surface area contributed by atoms with Crippen LogP contribution in [0.1, 0.15) is 22.3 Å². The van der Waals surface area contributed by atoms with Crippen LogP contribution in [0.25, 0.3) is 12.2 Å². The van der Waals surface area contributed by atoms with Crippen LogP contribution < -0.4 is 9.64 Å². The first-order valence-corrected chi connectivity index (χ1v) is 11.8. The van der Waals surface area contributed by atoms with Gasteiger partial charge in [0, 0.05) is 17.1 Å². The first kappa shape index (κ1) is 24.3. The second-order valence-electron chi connectivity index (χ2n) is 8.65. The van der Waals surface area contributed by atoms with Crippen molar-refractivity contribution in [2.45, 2.75) is 20.0 Å². The number of aliphatic hydroxyl groups excluding tert-OH is 2. The number of nitrogens with zero attached hydrogens (tertiary/aromatic N) is 1. The lowest BCUT2D eigenvalue weighted by molar-refractivity contribution is 0.0536. The van der Waals surface area contributed by atoms with Crippen LogP contribution in [0.4, 0.5) is 17.1 Å². The fraction of sp³-hybridized carbons (Fsp3) is 0.161. The van der Waals surface area contributed by atoms with Gasteiger partial charge in [-0.05, 0) is 73.5 Å². The van der Waals surface area contributed by atoms with E-state index in [0.717, 1.165) is 28.2 Å². The maximum Gasteiger partial charge on any atom is 0.119 e. The van der Waals surface area contributed by atoms with Crippen LogP contribution in [0.5, 0.6) is 5.75 Å². The number of hydrogen-bond donors (Lipinski definition) is 2. The van der Waals surface area contributed by atoms with E-state index in [2.05, 4.69) is 104 Å². The number of aryl methyl sites for hydroxylation is 2. The molecule has 178 valence electrons. The number of rotatable bonds is 9. The van der Waals surface area contributed by atoms with Crippen LogP contribution >= 0.6 is 0 Å². The van der Waals surface area contributed by atoms with E-state index in [-0.39, 0.29) is 13.2 Å². The number of anilines is 3. The van der Waals surface area contributed by atoms with Gasteiger partial charge < -0.3 is 19.8 Å². The molecule has 0 aliphatic carbocycles. The number of aliphatic hydroxyl groups is 2. The van der Waals surface area contributed by atoms with Crippen molar-refractivity contribution in [1.29, 1.82) is 0 Å². The van der Waals surface area contributed by atoms with Crippen molar-refractivity contribution in [3.63, 3.8) is 0 Å². The minimum absolute atomic E-state index is 0.0697. The summed E-state index contributed by atoms with van der Waals surface area (Å²) in [6.07, 6.45) is 3.27. The molecule has 0 saturated carbocycles. The first-order chi connectivity index (χ1) is 17.0. The van der Waals surface area contributed by atoms with Crippen molar-refractivity contribution < 1.29 is 14.9 Å². The molecule has 1 unspecified atom stereocenters. The predicted molar refractivity (Wildman–Crippen MR) is 145 cm³/mol. The Labute approximate surface area is 207 Å². The van der Waals surface area contributed by atoms with Crippen molar-refractivity contribution in [2.75, 3.05) is 18.1 Å². The molecule has 4 rings (SSSR count). The molecule has 4 aromatic rings. The lowest BCUT2D eigenvalue weighted by atomic mass is 10.1. The van der Waals surface area contributed by atoms with Gasteiger partial charge in [-0.3, -0.25) is 0 Å². The average molecular weight is 466 g/mol. The van der Waals surface area contributed by atoms with Gasteiger partial charge in [-0.15, -0.1) is 0 Å². The Morgan fingerprint density at radius 2 is 1.06 bits per heavy atom. The summed E-state index contributed by atoms with van der Waals surface area (Å²) in [6.45, 7) is 3.96. The second kappa shape index (κ2) is 11.5. The van der Waals surface area contributed by atoms with E-state index in [1.165, 1.54) is 11.1 Å². The van der Waals surface area contributed by atoms with Crippen LogP contribution in [0.2, 0.25) is 0 Å². The molecular weight excluding hydrogens is 434 g/mol. The van der Waals surface area contributed by atoms with E-state index in [0.29, 0.717) is 5.75 Å². The van der Waals surface area contributed by atoms with Gasteiger partial charge >= 0.3 is 0 Å². The monoisotopic (exact) mass is 465 g/mol. The van der Waals surface area contributed by atoms with Crippen molar-refractivity contribution in [3.05, 3.63) is 119 Å². The molecule has 0 aromatic heterocycles. The lowest BCUT2D eigenvalue weighted by Crippen LogP contribution is -2.21. The summed E-state index contributed by atoms with van der Waals surface area (Å²) in [5, 5.41) is 18.3. The topological polar surface area (TPSA) is 52.9 Å². The summed E-state index contributed by atoms with van der Waals surface area (Å²) in [5.41, 5.74) is 7.97. The van der Waals surface area contributed by atoms with E-state index in [4.69, 9.17) is 9.84 Å². The van der Waals surface area contributed by atoms with Crippen LogP contribution in [0.3, 0.4) is 0 Å². The highest BCUT2D eigenvalue weighted by molar-refractivity contribution is 5.78. The third-order valence-corrected chi connectivity index (χ3v) is 5.74. The molecule has 0 radical (unpaired) electrons. The molecule has 0 spiro atoms. The van der Waals surface area contributed by atoms with E-state index in [1.807, 2.05) is 24.3 Å². The van der Waals surface area contributed by atoms with Gasteiger partial charge in [-0.1, -0.05) is 71.8 Å². The molecule has 1 atom stereocenters. The van der Waals surface area contributed by atoms with Crippen LogP contribution in [-0.2, 0) is 0 Å². The Bertz CT molecular complexity index is 1180. The molecule has 0 bridgehead atoms. The SMILES string of the molecule is Cc1ccc(N(c2ccc(C)cc2)c2ccc(C=Cc3ccc(OCC(O)CO)cc3)cc2)cc1. The number of ether oxygens (including phenoxy) is 1. The zero-order valence-corrected chi connectivity index (χ0v) is 20.1. The highest BCUT2D eigenvalue weighted by Gasteiger charge is 2.12. The number of benzene rings is 4. The Balaban J connectivity index is 1.50. The summed E-state index contributed by atoms with van der Waals surface area (Å²) < 4.78 is 5.46. The molecule has 35 heavy (non-hydrogen) atoms. The Morgan fingerprint density at radius 3 is 1.49 bits per heavy atom. The fourth-order valence-corrected chi connectivity index (χ4v) is 3.68. The normalized spacial score (nSPS) is 12.0. The predicted octanol–water partition coefficient (Wildman–Crippen LogP) is 6.68. The summed E-state index contributed by atoms with van der Waals surface area (Å²) in [4.78, 5) is 2.26. The van der Waals surface area contributed by atoms with Crippen molar-refractivity contribution in [2.24, 2.45) is 0 Å². The average Bonchev–Trinajstić information content (AvgIpc) is 2.89. The van der Waals surface area contributed by atoms with E-state index < -0.39 is 6.10 Å². The molecule has 0 fully saturated rings. The molecule has 2 N–H and O–H groups in total. The lowest BCUT2D eigenvalue weighted by Gasteiger charge is -2.25. The summed E-state index contributed by atoms with van der Waals surface area (Å²) in [7, 11) is 0. The van der Waals surface area contributed by atoms with Gasteiger partial charge in [0.2, 0.25) is 0 Å². The van der Waals surface area contributed by atoms with Crippen molar-refractivity contribution >= 4 is 29.2 Å². The van der Waals surface area contributed by atoms with Gasteiger partial charge in [-0.25, -0.2) is 0 Å². The van der Waals surface area contributed by atoms with Gasteiger partial charge in [0.15, 0.2) is 0 Å². The van der Waals surface area contributed by atoms with Crippen LogP contribution in [-0.4, -0.2) is 29.5 Å². The molecule has 0 saturated heterocycles. The van der Waals surface area contributed by atoms with Gasteiger partial charge in [-0.2, -0.15) is 0 Å². The maximum absolute atomic E-state index is 9.40. The van der Waals surface area contributed by atoms with Gasteiger partial charge in [0.25, 0.3) is 0 Å². The first-order valence-electron chi connectivity index (χ1n) is 11.8. The zero-order valence-electron chi connectivity index (χ0n) is 20.1. The second-order valence-corrected chi connectivity index (χ2v) is 8.65. The minimum atomic E-state index is -0.870. The largest absolute Gasteiger partial charge is 0.491 e. The maximum atomic E-state index is 9.40. The quantitative estimate of drug-likeness (QED) is 0.271. The molecule has 4 nitrogen and oxygen atoms in total. The Hall–Kier alpha value is -3.86. The number of hydrogen-bond acceptors (Lipinski definition) is 4. The molecule has 0 heterocycles. The van der Waals surface area contributed by atoms with Crippen molar-refractivity contribution in [3.8, 4) is 5.75 Å². The van der Waals surface area contributed by atoms with E-state index >= 15 is 0 Å². The van der Waals surface area contributed by atoms with Crippen LogP contribution in [0, 0.1) is 13.8 Å². The fourth-order valence-electron chi connectivity index (χ4n) is 3.68. The minimum Gasteiger partial charge on any atom is -0.491 e. The molecule has 0 aliphatic heterocycles. The Morgan fingerprint density at radius 1 is 0.657 bits per heavy atom. The summed E-state index contributed by atoms with van der Waals surface area (Å²) >= 11 is 0. The summed E-state index contributed by atoms with van der Waals surface area (Å²) in [6, 6.07) is 33.3.